The van der Waals surface area contributed by atoms with Crippen LogP contribution >= 0.6 is 38.8 Å². The van der Waals surface area contributed by atoms with Crippen LogP contribution in [0, 0.1) is 0 Å². The lowest BCUT2D eigenvalue weighted by molar-refractivity contribution is 0.555. The molecular weight excluding hydrogens is 318 g/mol. The van der Waals surface area contributed by atoms with Crippen molar-refractivity contribution in [3.8, 4) is 0 Å². The van der Waals surface area contributed by atoms with Crippen LogP contribution in [0.3, 0.4) is 0 Å². The van der Waals surface area contributed by atoms with Gasteiger partial charge < -0.3 is 5.32 Å². The molecule has 0 aromatic carbocycles. The molecule has 3 nitrogen and oxygen atoms in total. The highest BCUT2D eigenvalue weighted by Crippen LogP contribution is 2.25. The smallest absolute Gasteiger partial charge is 0.202 e. The second-order valence-electron chi connectivity index (χ2n) is 4.73. The highest BCUT2D eigenvalue weighted by Gasteiger charge is 2.19. The van der Waals surface area contributed by atoms with Gasteiger partial charge in [-0.3, -0.25) is 0 Å². The van der Waals surface area contributed by atoms with E-state index in [0.29, 0.717) is 0 Å². The first-order valence-corrected chi connectivity index (χ1v) is 7.66. The fourth-order valence-electron chi connectivity index (χ4n) is 1.21. The van der Waals surface area contributed by atoms with Gasteiger partial charge in [0.1, 0.15) is 5.82 Å². The van der Waals surface area contributed by atoms with Crippen LogP contribution in [0.4, 0.5) is 5.13 Å². The fraction of sp³-hybridized carbons (Fsp3) is 0.455. The zero-order valence-corrected chi connectivity index (χ0v) is 13.2. The van der Waals surface area contributed by atoms with E-state index in [0.717, 1.165) is 21.3 Å². The molecule has 0 bridgehead atoms. The maximum atomic E-state index is 4.49. The summed E-state index contributed by atoms with van der Waals surface area (Å²) in [5.74, 6) is 0.900. The molecule has 0 aliphatic rings. The van der Waals surface area contributed by atoms with Gasteiger partial charge >= 0.3 is 0 Å². The topological polar surface area (TPSA) is 37.8 Å². The minimum atomic E-state index is 0.0163. The number of anilines is 1. The minimum absolute atomic E-state index is 0.0163. The molecule has 0 spiro atoms. The summed E-state index contributed by atoms with van der Waals surface area (Å²) >= 11 is 6.61. The molecule has 0 amide bonds. The molecular formula is C11H14BrN3S2. The predicted octanol–water partition coefficient (Wildman–Crippen LogP) is 4.27. The van der Waals surface area contributed by atoms with Crippen LogP contribution in [0.1, 0.15) is 31.5 Å². The van der Waals surface area contributed by atoms with Gasteiger partial charge in [0.15, 0.2) is 0 Å². The summed E-state index contributed by atoms with van der Waals surface area (Å²) in [6, 6.07) is 4.16. The lowest BCUT2D eigenvalue weighted by Gasteiger charge is -2.12. The van der Waals surface area contributed by atoms with Crippen LogP contribution in [0.5, 0.6) is 0 Å². The van der Waals surface area contributed by atoms with Gasteiger partial charge in [-0.15, -0.1) is 11.3 Å². The maximum absolute atomic E-state index is 4.49. The third-order valence-corrected chi connectivity index (χ3v) is 4.44. The minimum Gasteiger partial charge on any atom is -0.355 e. The molecule has 17 heavy (non-hydrogen) atoms. The molecule has 0 radical (unpaired) electrons. The normalized spacial score (nSPS) is 11.8. The number of halogens is 1. The number of hydrogen-bond acceptors (Lipinski definition) is 5. The van der Waals surface area contributed by atoms with Gasteiger partial charge in [-0.25, -0.2) is 4.98 Å². The largest absolute Gasteiger partial charge is 0.355 e. The number of aromatic nitrogens is 2. The Labute approximate surface area is 118 Å². The standard InChI is InChI=1S/C11H14BrN3S2/c1-11(2,3)9-14-10(17-15-9)13-6-7-4-5-8(12)16-7/h4-5H,6H2,1-3H3,(H,13,14,15). The molecule has 2 heterocycles. The quantitative estimate of drug-likeness (QED) is 0.912. The van der Waals surface area contributed by atoms with Gasteiger partial charge in [0.05, 0.1) is 10.3 Å². The van der Waals surface area contributed by atoms with Crippen molar-refractivity contribution in [1.29, 1.82) is 0 Å². The lowest BCUT2D eigenvalue weighted by Crippen LogP contribution is -2.13. The van der Waals surface area contributed by atoms with Crippen molar-refractivity contribution in [2.24, 2.45) is 0 Å². The van der Waals surface area contributed by atoms with Gasteiger partial charge in [-0.2, -0.15) is 4.37 Å². The number of nitrogens with one attached hydrogen (secondary N) is 1. The van der Waals surface area contributed by atoms with E-state index in [-0.39, 0.29) is 5.41 Å². The molecule has 1 N–H and O–H groups in total. The summed E-state index contributed by atoms with van der Waals surface area (Å²) in [4.78, 5) is 5.77. The summed E-state index contributed by atoms with van der Waals surface area (Å²) < 4.78 is 5.52. The number of thiophene rings is 1. The summed E-state index contributed by atoms with van der Waals surface area (Å²) in [7, 11) is 0. The summed E-state index contributed by atoms with van der Waals surface area (Å²) in [5.41, 5.74) is 0.0163. The van der Waals surface area contributed by atoms with E-state index in [1.165, 1.54) is 16.4 Å². The average Bonchev–Trinajstić information content (AvgIpc) is 2.82. The zero-order chi connectivity index (χ0) is 12.5. The zero-order valence-electron chi connectivity index (χ0n) is 9.95. The number of nitrogens with zero attached hydrogens (tertiary/aromatic N) is 2. The van der Waals surface area contributed by atoms with Crippen molar-refractivity contribution in [1.82, 2.24) is 9.36 Å². The lowest BCUT2D eigenvalue weighted by atomic mass is 9.96. The van der Waals surface area contributed by atoms with Gasteiger partial charge in [-0.05, 0) is 28.1 Å². The fourth-order valence-corrected chi connectivity index (χ4v) is 3.38. The summed E-state index contributed by atoms with van der Waals surface area (Å²) in [6.07, 6.45) is 0. The SMILES string of the molecule is CC(C)(C)c1nsc(NCc2ccc(Br)s2)n1. The van der Waals surface area contributed by atoms with Gasteiger partial charge in [0, 0.05) is 21.8 Å². The van der Waals surface area contributed by atoms with E-state index in [2.05, 4.69) is 63.5 Å². The molecule has 0 aliphatic carbocycles. The monoisotopic (exact) mass is 331 g/mol. The molecule has 0 saturated carbocycles. The van der Waals surface area contributed by atoms with Crippen molar-refractivity contribution >= 4 is 43.9 Å². The Morgan fingerprint density at radius 1 is 1.35 bits per heavy atom. The van der Waals surface area contributed by atoms with E-state index in [9.17, 15) is 0 Å². The predicted molar refractivity (Wildman–Crippen MR) is 78.0 cm³/mol. The van der Waals surface area contributed by atoms with Crippen LogP contribution in [-0.2, 0) is 12.0 Å². The first-order chi connectivity index (χ1) is 7.95. The van der Waals surface area contributed by atoms with Crippen molar-refractivity contribution in [2.75, 3.05) is 5.32 Å². The van der Waals surface area contributed by atoms with Gasteiger partial charge in [-0.1, -0.05) is 20.8 Å². The Bertz CT molecular complexity index is 499. The van der Waals surface area contributed by atoms with Crippen molar-refractivity contribution in [2.45, 2.75) is 32.7 Å². The van der Waals surface area contributed by atoms with E-state index >= 15 is 0 Å². The van der Waals surface area contributed by atoms with Crippen LogP contribution in [0.25, 0.3) is 0 Å². The number of rotatable bonds is 3. The summed E-state index contributed by atoms with van der Waals surface area (Å²) in [5, 5.41) is 4.19. The van der Waals surface area contributed by atoms with Crippen LogP contribution in [-0.4, -0.2) is 9.36 Å². The van der Waals surface area contributed by atoms with Crippen LogP contribution < -0.4 is 5.32 Å². The molecule has 6 heteroatoms. The molecule has 0 fully saturated rings. The van der Waals surface area contributed by atoms with Crippen molar-refractivity contribution < 1.29 is 0 Å². The second kappa shape index (κ2) is 5.04. The Balaban J connectivity index is 1.98. The van der Waals surface area contributed by atoms with Crippen molar-refractivity contribution in [3.05, 3.63) is 26.6 Å². The molecule has 92 valence electrons. The second-order valence-corrected chi connectivity index (χ2v) is 8.03. The van der Waals surface area contributed by atoms with Crippen LogP contribution in [0.2, 0.25) is 0 Å². The Hall–Kier alpha value is -0.460. The van der Waals surface area contributed by atoms with Crippen LogP contribution in [0.15, 0.2) is 15.9 Å². The Morgan fingerprint density at radius 2 is 2.12 bits per heavy atom. The molecule has 2 rings (SSSR count). The van der Waals surface area contributed by atoms with Crippen molar-refractivity contribution in [3.63, 3.8) is 0 Å². The van der Waals surface area contributed by atoms with Gasteiger partial charge in [0.25, 0.3) is 0 Å². The first kappa shape index (κ1) is 13.0. The maximum Gasteiger partial charge on any atom is 0.202 e. The molecule has 0 saturated heterocycles. The average molecular weight is 332 g/mol. The van der Waals surface area contributed by atoms with E-state index in [1.807, 2.05) is 0 Å². The highest BCUT2D eigenvalue weighted by molar-refractivity contribution is 9.11. The van der Waals surface area contributed by atoms with Gasteiger partial charge in [0.2, 0.25) is 5.13 Å². The first-order valence-electron chi connectivity index (χ1n) is 5.27. The van der Waals surface area contributed by atoms with E-state index in [1.54, 1.807) is 11.3 Å². The molecule has 0 aliphatic heterocycles. The molecule has 0 unspecified atom stereocenters. The third-order valence-electron chi connectivity index (χ3n) is 2.14. The molecule has 2 aromatic heterocycles. The Kier molecular flexibility index (Phi) is 3.85. The Morgan fingerprint density at radius 3 is 2.65 bits per heavy atom. The summed E-state index contributed by atoms with van der Waals surface area (Å²) in [6.45, 7) is 7.16. The van der Waals surface area contributed by atoms with E-state index in [4.69, 9.17) is 0 Å². The third kappa shape index (κ3) is 3.50. The molecule has 0 atom stereocenters. The van der Waals surface area contributed by atoms with E-state index < -0.39 is 0 Å². The highest BCUT2D eigenvalue weighted by atomic mass is 79.9. The number of hydrogen-bond donors (Lipinski definition) is 1. The molecule has 2 aromatic rings.